The van der Waals surface area contributed by atoms with Crippen molar-refractivity contribution in [3.05, 3.63) is 84.6 Å². The summed E-state index contributed by atoms with van der Waals surface area (Å²) < 4.78 is 5.54. The Kier molecular flexibility index (Phi) is 3.04. The highest BCUT2D eigenvalue weighted by atomic mass is 32.2. The van der Waals surface area contributed by atoms with Gasteiger partial charge in [-0.2, -0.15) is 0 Å². The van der Waals surface area contributed by atoms with Crippen LogP contribution in [0, 0.1) is 0 Å². The van der Waals surface area contributed by atoms with Crippen molar-refractivity contribution >= 4 is 34.7 Å². The number of hydrogen-bond acceptors (Lipinski definition) is 6. The van der Waals surface area contributed by atoms with Crippen LogP contribution in [0.3, 0.4) is 0 Å². The highest BCUT2D eigenvalue weighted by molar-refractivity contribution is 8.04. The van der Waals surface area contributed by atoms with Crippen molar-refractivity contribution in [2.24, 2.45) is 0 Å². The Morgan fingerprint density at radius 1 is 0.960 bits per heavy atom. The molecule has 1 atom stereocenters. The lowest BCUT2D eigenvalue weighted by Gasteiger charge is -2.28. The van der Waals surface area contributed by atoms with E-state index in [1.54, 1.807) is 36.4 Å². The molecule has 0 saturated carbocycles. The monoisotopic (exact) mass is 367 g/mol. The third-order valence-electron chi connectivity index (χ3n) is 4.34. The van der Waals surface area contributed by atoms with Crippen LogP contribution in [-0.4, -0.2) is 16.6 Å². The van der Waals surface area contributed by atoms with Gasteiger partial charge in [0.25, 0.3) is 0 Å². The van der Waals surface area contributed by atoms with Crippen LogP contribution in [0.1, 0.15) is 37.3 Å². The van der Waals surface area contributed by atoms with Crippen LogP contribution in [0.25, 0.3) is 0 Å². The van der Waals surface area contributed by atoms with Gasteiger partial charge in [-0.25, -0.2) is 0 Å². The van der Waals surface area contributed by atoms with Crippen LogP contribution in [0.5, 0.6) is 0 Å². The maximum atomic E-state index is 13.2. The topological polar surface area (TPSA) is 80.1 Å². The van der Waals surface area contributed by atoms with E-state index in [4.69, 9.17) is 4.42 Å². The molecule has 1 aromatic carbocycles. The highest BCUT2D eigenvalue weighted by Crippen LogP contribution is 2.51. The second kappa shape index (κ2) is 5.18. The smallest absolute Gasteiger partial charge is 0.305 e. The summed E-state index contributed by atoms with van der Waals surface area (Å²) in [5, 5.41) is 0.607. The lowest BCUT2D eigenvalue weighted by molar-refractivity contribution is 0.0976. The lowest BCUT2D eigenvalue weighted by Crippen LogP contribution is -2.26. The SMILES string of the molecule is O=C1C2=C(C(=O)c3ccccc31)C(c1ccco1)c1sc(=O)[nH]c1S2. The summed E-state index contributed by atoms with van der Waals surface area (Å²) in [6.45, 7) is 0. The number of thioether (sulfide) groups is 1. The summed E-state index contributed by atoms with van der Waals surface area (Å²) in [7, 11) is 0. The molecule has 5 nitrogen and oxygen atoms in total. The number of nitrogens with one attached hydrogen (secondary N) is 1. The molecule has 1 aliphatic carbocycles. The molecular weight excluding hydrogens is 358 g/mol. The normalized spacial score (nSPS) is 18.8. The molecule has 122 valence electrons. The first-order chi connectivity index (χ1) is 12.1. The average Bonchev–Trinajstić information content (AvgIpc) is 3.26. The van der Waals surface area contributed by atoms with Gasteiger partial charge in [-0.3, -0.25) is 14.4 Å². The van der Waals surface area contributed by atoms with Gasteiger partial charge in [0.05, 0.1) is 27.0 Å². The van der Waals surface area contributed by atoms with Crippen LogP contribution in [0.4, 0.5) is 0 Å². The van der Waals surface area contributed by atoms with E-state index in [2.05, 4.69) is 4.98 Å². The molecule has 3 heterocycles. The molecule has 7 heteroatoms. The van der Waals surface area contributed by atoms with Crippen LogP contribution >= 0.6 is 23.1 Å². The number of aromatic amines is 1. The van der Waals surface area contributed by atoms with Crippen molar-refractivity contribution in [1.82, 2.24) is 4.98 Å². The zero-order valence-corrected chi connectivity index (χ0v) is 14.2. The summed E-state index contributed by atoms with van der Waals surface area (Å²) in [5.41, 5.74) is 1.19. The van der Waals surface area contributed by atoms with Gasteiger partial charge in [0.2, 0.25) is 5.78 Å². The van der Waals surface area contributed by atoms with E-state index in [0.717, 1.165) is 23.1 Å². The van der Waals surface area contributed by atoms with Gasteiger partial charge in [0.1, 0.15) is 5.76 Å². The Bertz CT molecular complexity index is 1130. The Balaban J connectivity index is 1.81. The fourth-order valence-electron chi connectivity index (χ4n) is 3.29. The maximum absolute atomic E-state index is 13.2. The van der Waals surface area contributed by atoms with Crippen molar-refractivity contribution in [2.75, 3.05) is 0 Å². The number of furan rings is 1. The number of thiazole rings is 1. The third-order valence-corrected chi connectivity index (χ3v) is 6.55. The lowest BCUT2D eigenvalue weighted by atomic mass is 9.81. The molecule has 25 heavy (non-hydrogen) atoms. The predicted molar refractivity (Wildman–Crippen MR) is 93.5 cm³/mol. The van der Waals surface area contributed by atoms with Crippen molar-refractivity contribution in [3.8, 4) is 0 Å². The van der Waals surface area contributed by atoms with Gasteiger partial charge in [-0.1, -0.05) is 47.4 Å². The molecule has 3 aromatic rings. The van der Waals surface area contributed by atoms with Gasteiger partial charge in [-0.05, 0) is 12.1 Å². The summed E-state index contributed by atoms with van der Waals surface area (Å²) >= 11 is 2.21. The van der Waals surface area contributed by atoms with Crippen LogP contribution in [-0.2, 0) is 0 Å². The summed E-state index contributed by atoms with van der Waals surface area (Å²) in [6.07, 6.45) is 1.52. The van der Waals surface area contributed by atoms with Crippen LogP contribution in [0.15, 0.2) is 67.4 Å². The Labute approximate surface area is 149 Å². The second-order valence-electron chi connectivity index (χ2n) is 5.71. The number of carbonyl (C=O) groups excluding carboxylic acids is 2. The Morgan fingerprint density at radius 3 is 2.44 bits per heavy atom. The fraction of sp³-hybridized carbons (Fsp3) is 0.0556. The van der Waals surface area contributed by atoms with Crippen molar-refractivity contribution in [2.45, 2.75) is 10.9 Å². The standard InChI is InChI=1S/C18H9NO4S2/c20-13-8-4-1-2-5-9(8)14(21)15-12(13)11(10-6-3-7-23-10)16-17(24-15)19-18(22)25-16/h1-7,11H,(H,19,22). The average molecular weight is 367 g/mol. The maximum Gasteiger partial charge on any atom is 0.305 e. The molecule has 1 aliphatic heterocycles. The third kappa shape index (κ3) is 1.99. The van der Waals surface area contributed by atoms with E-state index in [-0.39, 0.29) is 16.4 Å². The van der Waals surface area contributed by atoms with E-state index in [0.29, 0.717) is 37.3 Å². The highest BCUT2D eigenvalue weighted by Gasteiger charge is 2.43. The molecule has 5 rings (SSSR count). The number of hydrogen-bond donors (Lipinski definition) is 1. The van der Waals surface area contributed by atoms with E-state index in [9.17, 15) is 14.4 Å². The van der Waals surface area contributed by atoms with Gasteiger partial charge < -0.3 is 9.40 Å². The van der Waals surface area contributed by atoms with Crippen molar-refractivity contribution in [3.63, 3.8) is 0 Å². The largest absolute Gasteiger partial charge is 0.468 e. The number of aromatic nitrogens is 1. The number of carbonyl (C=O) groups is 2. The van der Waals surface area contributed by atoms with E-state index < -0.39 is 5.92 Å². The summed E-state index contributed by atoms with van der Waals surface area (Å²) in [5.74, 6) is -0.380. The van der Waals surface area contributed by atoms with Crippen LogP contribution in [0.2, 0.25) is 0 Å². The molecule has 1 N–H and O–H groups in total. The first kappa shape index (κ1) is 14.7. The molecule has 0 saturated heterocycles. The van der Waals surface area contributed by atoms with E-state index in [1.165, 1.54) is 6.26 Å². The fourth-order valence-corrected chi connectivity index (χ4v) is 5.54. The number of benzene rings is 1. The van der Waals surface area contributed by atoms with Gasteiger partial charge in [0.15, 0.2) is 5.78 Å². The minimum Gasteiger partial charge on any atom is -0.468 e. The molecule has 0 radical (unpaired) electrons. The van der Waals surface area contributed by atoms with Gasteiger partial charge >= 0.3 is 4.87 Å². The zero-order chi connectivity index (χ0) is 17.1. The molecule has 0 fully saturated rings. The zero-order valence-electron chi connectivity index (χ0n) is 12.6. The first-order valence-corrected chi connectivity index (χ1v) is 9.15. The number of rotatable bonds is 1. The van der Waals surface area contributed by atoms with Crippen molar-refractivity contribution in [1.29, 1.82) is 0 Å². The first-order valence-electron chi connectivity index (χ1n) is 7.52. The van der Waals surface area contributed by atoms with Crippen molar-refractivity contribution < 1.29 is 14.0 Å². The molecule has 0 amide bonds. The number of fused-ring (bicyclic) bond motifs is 2. The number of ketones is 2. The van der Waals surface area contributed by atoms with E-state index >= 15 is 0 Å². The molecule has 0 spiro atoms. The second-order valence-corrected chi connectivity index (χ2v) is 7.74. The van der Waals surface area contributed by atoms with Gasteiger partial charge in [-0.15, -0.1) is 0 Å². The minimum atomic E-state index is -0.546. The summed E-state index contributed by atoms with van der Waals surface area (Å²) in [6, 6.07) is 10.3. The van der Waals surface area contributed by atoms with Crippen LogP contribution < -0.4 is 4.87 Å². The minimum absolute atomic E-state index is 0.189. The molecular formula is C18H9NO4S2. The quantitative estimate of drug-likeness (QED) is 0.711. The molecule has 2 aromatic heterocycles. The molecule has 0 bridgehead atoms. The number of H-pyrrole nitrogens is 1. The Hall–Kier alpha value is -2.64. The van der Waals surface area contributed by atoms with E-state index in [1.807, 2.05) is 0 Å². The molecule has 2 aliphatic rings. The predicted octanol–water partition coefficient (Wildman–Crippen LogP) is 3.60. The van der Waals surface area contributed by atoms with Gasteiger partial charge in [0, 0.05) is 16.7 Å². The number of Topliss-reactive ketones (excluding diaryl/α,β-unsaturated/α-hetero) is 2. The summed E-state index contributed by atoms with van der Waals surface area (Å²) in [4.78, 5) is 41.7. The molecule has 1 unspecified atom stereocenters. The number of allylic oxidation sites excluding steroid dienone is 2. The Morgan fingerprint density at radius 2 is 1.72 bits per heavy atom.